The zero-order valence-corrected chi connectivity index (χ0v) is 14.1. The van der Waals surface area contributed by atoms with Crippen LogP contribution in [0.4, 0.5) is 0 Å². The highest BCUT2D eigenvalue weighted by atomic mass is 16.5. The second-order valence-electron chi connectivity index (χ2n) is 6.01. The van der Waals surface area contributed by atoms with E-state index in [1.807, 2.05) is 60.8 Å². The van der Waals surface area contributed by atoms with Crippen LogP contribution in [-0.4, -0.2) is 18.7 Å². The average Bonchev–Trinajstić information content (AvgIpc) is 2.68. The molecule has 4 nitrogen and oxygen atoms in total. The van der Waals surface area contributed by atoms with Crippen LogP contribution < -0.4 is 10.2 Å². The Morgan fingerprint density at radius 1 is 1.12 bits per heavy atom. The number of carbonyl (C=O) groups excluding carboxylic acids is 1. The number of rotatable bonds is 6. The minimum Gasteiger partial charge on any atom is -0.483 e. The van der Waals surface area contributed by atoms with Crippen LogP contribution in [0, 0.1) is 5.92 Å². The van der Waals surface area contributed by atoms with Gasteiger partial charge in [0.15, 0.2) is 6.61 Å². The van der Waals surface area contributed by atoms with Crippen LogP contribution in [0.2, 0.25) is 0 Å². The number of hydrazone groups is 1. The van der Waals surface area contributed by atoms with E-state index in [9.17, 15) is 4.79 Å². The van der Waals surface area contributed by atoms with Gasteiger partial charge in [0.05, 0.1) is 0 Å². The zero-order chi connectivity index (χ0) is 17.3. The van der Waals surface area contributed by atoms with Gasteiger partial charge >= 0.3 is 0 Å². The molecular formula is C21H22N2O2. The lowest BCUT2D eigenvalue weighted by molar-refractivity contribution is -0.123. The molecule has 128 valence electrons. The van der Waals surface area contributed by atoms with Crippen molar-refractivity contribution < 1.29 is 9.53 Å². The van der Waals surface area contributed by atoms with Crippen molar-refractivity contribution in [3.63, 3.8) is 0 Å². The molecule has 0 fully saturated rings. The number of amides is 1. The molecule has 1 aliphatic rings. The summed E-state index contributed by atoms with van der Waals surface area (Å²) in [7, 11) is 0. The SMILES string of the molecule is O=C(COc1ccccc1-c1ccccc1)N/N=C\[C@H]1CC=CCC1. The Morgan fingerprint density at radius 3 is 2.72 bits per heavy atom. The molecule has 1 N–H and O–H groups in total. The Bertz CT molecular complexity index is 754. The largest absolute Gasteiger partial charge is 0.483 e. The highest BCUT2D eigenvalue weighted by molar-refractivity contribution is 5.79. The fourth-order valence-electron chi connectivity index (χ4n) is 2.79. The van der Waals surface area contributed by atoms with Crippen molar-refractivity contribution in [2.45, 2.75) is 19.3 Å². The summed E-state index contributed by atoms with van der Waals surface area (Å²) in [6.07, 6.45) is 9.30. The van der Waals surface area contributed by atoms with Crippen molar-refractivity contribution >= 4 is 12.1 Å². The van der Waals surface area contributed by atoms with E-state index >= 15 is 0 Å². The van der Waals surface area contributed by atoms with Crippen LogP contribution in [0.25, 0.3) is 11.1 Å². The Labute approximate surface area is 148 Å². The maximum Gasteiger partial charge on any atom is 0.277 e. The molecule has 0 radical (unpaired) electrons. The van der Waals surface area contributed by atoms with Gasteiger partial charge in [-0.15, -0.1) is 0 Å². The van der Waals surface area contributed by atoms with E-state index in [4.69, 9.17) is 4.74 Å². The van der Waals surface area contributed by atoms with Crippen molar-refractivity contribution in [2.24, 2.45) is 11.0 Å². The number of benzene rings is 2. The fourth-order valence-corrected chi connectivity index (χ4v) is 2.79. The lowest BCUT2D eigenvalue weighted by Gasteiger charge is -2.12. The minimum absolute atomic E-state index is 0.0637. The molecule has 0 heterocycles. The number of hydrogen-bond donors (Lipinski definition) is 1. The molecule has 0 saturated carbocycles. The highest BCUT2D eigenvalue weighted by Gasteiger charge is 2.09. The van der Waals surface area contributed by atoms with E-state index in [2.05, 4.69) is 22.7 Å². The first-order chi connectivity index (χ1) is 12.3. The molecule has 0 aliphatic heterocycles. The molecule has 4 heteroatoms. The molecule has 1 amide bonds. The van der Waals surface area contributed by atoms with Crippen molar-refractivity contribution in [2.75, 3.05) is 6.61 Å². The van der Waals surface area contributed by atoms with E-state index in [-0.39, 0.29) is 12.5 Å². The quantitative estimate of drug-likeness (QED) is 0.489. The molecule has 0 unspecified atom stereocenters. The van der Waals surface area contributed by atoms with Gasteiger partial charge in [-0.1, -0.05) is 60.7 Å². The summed E-state index contributed by atoms with van der Waals surface area (Å²) in [5.74, 6) is 0.834. The molecule has 0 spiro atoms. The van der Waals surface area contributed by atoms with Gasteiger partial charge in [-0.25, -0.2) is 5.43 Å². The number of para-hydroxylation sites is 1. The van der Waals surface area contributed by atoms with Crippen molar-refractivity contribution in [1.82, 2.24) is 5.43 Å². The van der Waals surface area contributed by atoms with Crippen LogP contribution in [0.3, 0.4) is 0 Å². The Balaban J connectivity index is 1.54. The van der Waals surface area contributed by atoms with Gasteiger partial charge in [0.2, 0.25) is 0 Å². The number of nitrogens with one attached hydrogen (secondary N) is 1. The second kappa shape index (κ2) is 8.83. The molecular weight excluding hydrogens is 312 g/mol. The van der Waals surface area contributed by atoms with E-state index in [0.29, 0.717) is 11.7 Å². The van der Waals surface area contributed by atoms with Gasteiger partial charge in [0.25, 0.3) is 5.91 Å². The lowest BCUT2D eigenvalue weighted by Crippen LogP contribution is -2.25. The third kappa shape index (κ3) is 5.05. The number of ether oxygens (including phenoxy) is 1. The maximum absolute atomic E-state index is 11.9. The fraction of sp³-hybridized carbons (Fsp3) is 0.238. The minimum atomic E-state index is -0.259. The molecule has 1 atom stereocenters. The van der Waals surface area contributed by atoms with Crippen LogP contribution in [0.5, 0.6) is 5.75 Å². The van der Waals surface area contributed by atoms with Gasteiger partial charge in [0.1, 0.15) is 5.75 Å². The molecule has 0 bridgehead atoms. The highest BCUT2D eigenvalue weighted by Crippen LogP contribution is 2.29. The average molecular weight is 334 g/mol. The summed E-state index contributed by atoms with van der Waals surface area (Å²) in [6.45, 7) is -0.0637. The predicted octanol–water partition coefficient (Wildman–Crippen LogP) is 4.19. The Hall–Kier alpha value is -2.88. The Morgan fingerprint density at radius 2 is 1.92 bits per heavy atom. The van der Waals surface area contributed by atoms with Gasteiger partial charge < -0.3 is 4.74 Å². The number of nitrogens with zero attached hydrogens (tertiary/aromatic N) is 1. The van der Waals surface area contributed by atoms with Crippen molar-refractivity contribution in [3.8, 4) is 16.9 Å². The maximum atomic E-state index is 11.9. The van der Waals surface area contributed by atoms with Gasteiger partial charge in [0, 0.05) is 11.8 Å². The van der Waals surface area contributed by atoms with Crippen molar-refractivity contribution in [1.29, 1.82) is 0 Å². The summed E-state index contributed by atoms with van der Waals surface area (Å²) in [4.78, 5) is 11.9. The first-order valence-electron chi connectivity index (χ1n) is 8.57. The van der Waals surface area contributed by atoms with E-state index < -0.39 is 0 Å². The summed E-state index contributed by atoms with van der Waals surface area (Å²) in [5.41, 5.74) is 4.56. The standard InChI is InChI=1S/C21H22N2O2/c24-21(23-22-15-17-9-3-1-4-10-17)16-25-20-14-8-7-13-19(20)18-11-5-2-6-12-18/h1-3,5-8,11-15,17H,4,9-10,16H2,(H,23,24)/b22-15-/t17-/m0/s1. The molecule has 2 aromatic rings. The van der Waals surface area contributed by atoms with Crippen molar-refractivity contribution in [3.05, 3.63) is 66.7 Å². The van der Waals surface area contributed by atoms with E-state index in [1.54, 1.807) is 0 Å². The third-order valence-corrected chi connectivity index (χ3v) is 4.11. The molecule has 0 saturated heterocycles. The Kier molecular flexibility index (Phi) is 5.99. The summed E-state index contributed by atoms with van der Waals surface area (Å²) < 4.78 is 5.70. The number of hydrogen-bond acceptors (Lipinski definition) is 3. The summed E-state index contributed by atoms with van der Waals surface area (Å²) >= 11 is 0. The molecule has 1 aliphatic carbocycles. The second-order valence-corrected chi connectivity index (χ2v) is 6.01. The van der Waals surface area contributed by atoms with Crippen LogP contribution in [0.1, 0.15) is 19.3 Å². The van der Waals surface area contributed by atoms with Gasteiger partial charge in [-0.2, -0.15) is 5.10 Å². The molecule has 2 aromatic carbocycles. The van der Waals surface area contributed by atoms with Crippen LogP contribution >= 0.6 is 0 Å². The lowest BCUT2D eigenvalue weighted by atomic mass is 9.96. The predicted molar refractivity (Wildman–Crippen MR) is 100 cm³/mol. The smallest absolute Gasteiger partial charge is 0.277 e. The first-order valence-corrected chi connectivity index (χ1v) is 8.57. The number of allylic oxidation sites excluding steroid dienone is 2. The zero-order valence-electron chi connectivity index (χ0n) is 14.1. The van der Waals surface area contributed by atoms with E-state index in [0.717, 1.165) is 30.4 Å². The molecule has 3 rings (SSSR count). The third-order valence-electron chi connectivity index (χ3n) is 4.11. The van der Waals surface area contributed by atoms with Gasteiger partial charge in [-0.05, 0) is 36.8 Å². The van der Waals surface area contributed by atoms with Crippen LogP contribution in [0.15, 0.2) is 71.9 Å². The van der Waals surface area contributed by atoms with E-state index in [1.165, 1.54) is 0 Å². The summed E-state index contributed by atoms with van der Waals surface area (Å²) in [5, 5.41) is 4.05. The first kappa shape index (κ1) is 17.0. The summed E-state index contributed by atoms with van der Waals surface area (Å²) in [6, 6.07) is 17.7. The number of carbonyl (C=O) groups is 1. The topological polar surface area (TPSA) is 50.7 Å². The molecule has 0 aromatic heterocycles. The molecule has 25 heavy (non-hydrogen) atoms. The normalized spacial score (nSPS) is 16.7. The van der Waals surface area contributed by atoms with Crippen LogP contribution in [-0.2, 0) is 4.79 Å². The van der Waals surface area contributed by atoms with Gasteiger partial charge in [-0.3, -0.25) is 4.79 Å². The monoisotopic (exact) mass is 334 g/mol.